The molecule has 1 N–H and O–H groups in total. The van der Waals surface area contributed by atoms with Crippen LogP contribution in [0.1, 0.15) is 30.8 Å². The van der Waals surface area contributed by atoms with Crippen LogP contribution in [0.4, 0.5) is 16.2 Å². The van der Waals surface area contributed by atoms with E-state index in [2.05, 4.69) is 16.3 Å². The number of benzene rings is 1. The van der Waals surface area contributed by atoms with E-state index in [-0.39, 0.29) is 6.03 Å². The van der Waals surface area contributed by atoms with Gasteiger partial charge in [-0.15, -0.1) is 0 Å². The van der Waals surface area contributed by atoms with Gasteiger partial charge in [-0.2, -0.15) is 0 Å². The topological polar surface area (TPSA) is 61.9 Å². The first kappa shape index (κ1) is 18.2. The monoisotopic (exact) mass is 379 g/mol. The number of piperidine rings is 1. The van der Waals surface area contributed by atoms with Crippen molar-refractivity contribution in [1.82, 2.24) is 4.90 Å². The number of urea groups is 1. The van der Waals surface area contributed by atoms with Gasteiger partial charge in [0.25, 0.3) is 0 Å². The summed E-state index contributed by atoms with van der Waals surface area (Å²) < 4.78 is 10.9. The fourth-order valence-corrected chi connectivity index (χ4v) is 3.56. The second-order valence-electron chi connectivity index (χ2n) is 7.01. The number of para-hydroxylation sites is 2. The zero-order valence-electron chi connectivity index (χ0n) is 15.8. The molecule has 1 fully saturated rings. The SMILES string of the molecule is O=C(Nc1ccccc1N1CCCCC1)N(Cc1ccco1)Cc1ccco1. The third kappa shape index (κ3) is 4.39. The molecule has 0 unspecified atom stereocenters. The number of rotatable bonds is 6. The molecule has 1 aliphatic heterocycles. The summed E-state index contributed by atoms with van der Waals surface area (Å²) in [4.78, 5) is 17.1. The van der Waals surface area contributed by atoms with Gasteiger partial charge in [0.2, 0.25) is 0 Å². The van der Waals surface area contributed by atoms with Crippen LogP contribution in [0.2, 0.25) is 0 Å². The summed E-state index contributed by atoms with van der Waals surface area (Å²) in [7, 11) is 0. The minimum atomic E-state index is -0.183. The lowest BCUT2D eigenvalue weighted by molar-refractivity contribution is 0.195. The molecule has 2 amide bonds. The van der Waals surface area contributed by atoms with Crippen LogP contribution in [-0.2, 0) is 13.1 Å². The Morgan fingerprint density at radius 2 is 1.54 bits per heavy atom. The van der Waals surface area contributed by atoms with Crippen LogP contribution >= 0.6 is 0 Å². The Kier molecular flexibility index (Phi) is 5.66. The third-order valence-corrected chi connectivity index (χ3v) is 4.98. The average molecular weight is 379 g/mol. The van der Waals surface area contributed by atoms with E-state index in [4.69, 9.17) is 8.83 Å². The average Bonchev–Trinajstić information content (AvgIpc) is 3.43. The maximum absolute atomic E-state index is 13.1. The third-order valence-electron chi connectivity index (χ3n) is 4.98. The van der Waals surface area contributed by atoms with E-state index in [0.717, 1.165) is 36.0 Å². The van der Waals surface area contributed by atoms with Crippen LogP contribution in [0.25, 0.3) is 0 Å². The highest BCUT2D eigenvalue weighted by atomic mass is 16.3. The van der Waals surface area contributed by atoms with Gasteiger partial charge in [-0.05, 0) is 55.7 Å². The van der Waals surface area contributed by atoms with E-state index in [9.17, 15) is 4.79 Å². The molecule has 1 aromatic carbocycles. The number of anilines is 2. The highest BCUT2D eigenvalue weighted by Crippen LogP contribution is 2.28. The van der Waals surface area contributed by atoms with E-state index in [1.165, 1.54) is 19.3 Å². The molecule has 0 atom stereocenters. The molecule has 146 valence electrons. The van der Waals surface area contributed by atoms with Crippen LogP contribution in [-0.4, -0.2) is 24.0 Å². The standard InChI is InChI=1S/C22H25N3O3/c26-22(23-20-10-2-3-11-21(20)24-12-4-1-5-13-24)25(16-18-8-6-14-27-18)17-19-9-7-15-28-19/h2-3,6-11,14-15H,1,4-5,12-13,16-17H2,(H,23,26). The normalized spacial score (nSPS) is 14.1. The lowest BCUT2D eigenvalue weighted by Crippen LogP contribution is -2.35. The lowest BCUT2D eigenvalue weighted by Gasteiger charge is -2.31. The number of furan rings is 2. The second kappa shape index (κ2) is 8.69. The fourth-order valence-electron chi connectivity index (χ4n) is 3.56. The van der Waals surface area contributed by atoms with Crippen molar-refractivity contribution in [1.29, 1.82) is 0 Å². The van der Waals surface area contributed by atoms with Crippen molar-refractivity contribution in [3.63, 3.8) is 0 Å². The number of hydrogen-bond donors (Lipinski definition) is 1. The van der Waals surface area contributed by atoms with Crippen LogP contribution < -0.4 is 10.2 Å². The van der Waals surface area contributed by atoms with E-state index >= 15 is 0 Å². The molecule has 1 saturated heterocycles. The van der Waals surface area contributed by atoms with Crippen molar-refractivity contribution in [2.75, 3.05) is 23.3 Å². The Morgan fingerprint density at radius 1 is 0.893 bits per heavy atom. The highest BCUT2D eigenvalue weighted by molar-refractivity contribution is 5.93. The highest BCUT2D eigenvalue weighted by Gasteiger charge is 2.20. The Bertz CT molecular complexity index is 832. The molecule has 0 radical (unpaired) electrons. The zero-order chi connectivity index (χ0) is 19.2. The van der Waals surface area contributed by atoms with Crippen molar-refractivity contribution >= 4 is 17.4 Å². The summed E-state index contributed by atoms with van der Waals surface area (Å²) in [6.07, 6.45) is 6.87. The molecule has 28 heavy (non-hydrogen) atoms. The van der Waals surface area contributed by atoms with Crippen molar-refractivity contribution < 1.29 is 13.6 Å². The first-order valence-electron chi connectivity index (χ1n) is 9.74. The molecule has 0 saturated carbocycles. The summed E-state index contributed by atoms with van der Waals surface area (Å²) in [5.41, 5.74) is 1.91. The number of carbonyl (C=O) groups excluding carboxylic acids is 1. The van der Waals surface area contributed by atoms with Crippen LogP contribution in [0.3, 0.4) is 0 Å². The molecule has 1 aliphatic rings. The Morgan fingerprint density at radius 3 is 2.14 bits per heavy atom. The quantitative estimate of drug-likeness (QED) is 0.647. The molecule has 3 heterocycles. The Hall–Kier alpha value is -3.15. The molecular weight excluding hydrogens is 354 g/mol. The van der Waals surface area contributed by atoms with Crippen LogP contribution in [0.5, 0.6) is 0 Å². The van der Waals surface area contributed by atoms with Gasteiger partial charge in [-0.3, -0.25) is 0 Å². The van der Waals surface area contributed by atoms with Gasteiger partial charge in [-0.25, -0.2) is 4.79 Å². The minimum absolute atomic E-state index is 0.183. The number of hydrogen-bond acceptors (Lipinski definition) is 4. The first-order valence-corrected chi connectivity index (χ1v) is 9.74. The van der Waals surface area contributed by atoms with Crippen LogP contribution in [0, 0.1) is 0 Å². The van der Waals surface area contributed by atoms with Gasteiger partial charge in [0.1, 0.15) is 11.5 Å². The van der Waals surface area contributed by atoms with Gasteiger partial charge in [0.05, 0.1) is 37.0 Å². The van der Waals surface area contributed by atoms with Crippen molar-refractivity contribution in [2.45, 2.75) is 32.4 Å². The summed E-state index contributed by atoms with van der Waals surface area (Å²) in [6.45, 7) is 2.78. The summed E-state index contributed by atoms with van der Waals surface area (Å²) >= 11 is 0. The predicted molar refractivity (Wildman–Crippen MR) is 108 cm³/mol. The summed E-state index contributed by atoms with van der Waals surface area (Å²) in [5.74, 6) is 1.46. The minimum Gasteiger partial charge on any atom is -0.467 e. The van der Waals surface area contributed by atoms with Gasteiger partial charge < -0.3 is 24.0 Å². The first-order chi connectivity index (χ1) is 13.8. The largest absolute Gasteiger partial charge is 0.467 e. The molecule has 3 aromatic rings. The lowest BCUT2D eigenvalue weighted by atomic mass is 10.1. The zero-order valence-corrected chi connectivity index (χ0v) is 15.8. The van der Waals surface area contributed by atoms with Gasteiger partial charge in [-0.1, -0.05) is 12.1 Å². The van der Waals surface area contributed by atoms with Crippen molar-refractivity contribution in [2.24, 2.45) is 0 Å². The predicted octanol–water partition coefficient (Wildman–Crippen LogP) is 5.10. The van der Waals surface area contributed by atoms with Crippen LogP contribution in [0.15, 0.2) is 69.9 Å². The van der Waals surface area contributed by atoms with Gasteiger partial charge in [0.15, 0.2) is 0 Å². The molecule has 2 aromatic heterocycles. The number of carbonyl (C=O) groups is 1. The van der Waals surface area contributed by atoms with E-state index in [1.807, 2.05) is 42.5 Å². The smallest absolute Gasteiger partial charge is 0.322 e. The van der Waals surface area contributed by atoms with Gasteiger partial charge in [0, 0.05) is 13.1 Å². The molecule has 0 aliphatic carbocycles. The van der Waals surface area contributed by atoms with Crippen molar-refractivity contribution in [3.8, 4) is 0 Å². The molecule has 6 heteroatoms. The number of amides is 2. The molecular formula is C22H25N3O3. The maximum atomic E-state index is 13.1. The summed E-state index contributed by atoms with van der Waals surface area (Å²) in [5, 5.41) is 3.09. The Labute approximate surface area is 164 Å². The maximum Gasteiger partial charge on any atom is 0.322 e. The van der Waals surface area contributed by atoms with Crippen molar-refractivity contribution in [3.05, 3.63) is 72.6 Å². The fraction of sp³-hybridized carbons (Fsp3) is 0.318. The van der Waals surface area contributed by atoms with E-state index < -0.39 is 0 Å². The summed E-state index contributed by atoms with van der Waals surface area (Å²) in [6, 6.07) is 15.2. The van der Waals surface area contributed by atoms with Gasteiger partial charge >= 0.3 is 6.03 Å². The molecule has 4 rings (SSSR count). The Balaban J connectivity index is 1.52. The molecule has 0 bridgehead atoms. The number of nitrogens with one attached hydrogen (secondary N) is 1. The van der Waals surface area contributed by atoms with E-state index in [0.29, 0.717) is 13.1 Å². The molecule has 6 nitrogen and oxygen atoms in total. The molecule has 0 spiro atoms. The second-order valence-corrected chi connectivity index (χ2v) is 7.01. The van der Waals surface area contributed by atoms with E-state index in [1.54, 1.807) is 17.4 Å². The number of nitrogens with zero attached hydrogens (tertiary/aromatic N) is 2.